The molecule has 0 unspecified atom stereocenters. The average molecular weight is 1250 g/mol. The van der Waals surface area contributed by atoms with E-state index in [1.807, 2.05) is 0 Å². The Balaban J connectivity index is 0.745. The molecule has 0 atom stereocenters. The summed E-state index contributed by atoms with van der Waals surface area (Å²) in [6, 6.07) is 98.5. The summed E-state index contributed by atoms with van der Waals surface area (Å²) in [6.45, 7) is 14.4. The highest BCUT2D eigenvalue weighted by Crippen LogP contribution is 2.55. The van der Waals surface area contributed by atoms with Crippen LogP contribution in [0.3, 0.4) is 0 Å². The summed E-state index contributed by atoms with van der Waals surface area (Å²) in [4.78, 5) is 10.3. The van der Waals surface area contributed by atoms with Crippen molar-refractivity contribution >= 4 is 68.9 Å². The SMILES string of the molecule is CC1(C)c2cc(-c3ccccc3)ccc2-c2ccc(-c3ccc4c(c3)C(C)(C)c3cc(-c5cc(/C=C/c6ccc7ccccc7n6)c(-c6ccc7c(c6)C(C)(C)c6cc(-c8ccc(-c9ccccc9)c9nsnc89)ccc6-7)cc5/C=C\c5ccc6ccccc6n5)ccc3-4)cc21. The number of hydrogen-bond donors (Lipinski definition) is 0. The van der Waals surface area contributed by atoms with Crippen LogP contribution in [-0.4, -0.2) is 18.7 Å². The van der Waals surface area contributed by atoms with Gasteiger partial charge < -0.3 is 0 Å². The van der Waals surface area contributed by atoms with E-state index in [1.54, 1.807) is 0 Å². The van der Waals surface area contributed by atoms with Crippen LogP contribution in [0.15, 0.2) is 267 Å². The summed E-state index contributed by atoms with van der Waals surface area (Å²) in [5.41, 5.74) is 36.9. The molecule has 0 fully saturated rings. The Labute approximate surface area is 564 Å². The first-order valence-corrected chi connectivity index (χ1v) is 34.0. The Bertz CT molecular complexity index is 5800. The Morgan fingerprint density at radius 2 is 0.562 bits per heavy atom. The first-order chi connectivity index (χ1) is 46.8. The molecule has 3 aromatic heterocycles. The lowest BCUT2D eigenvalue weighted by atomic mass is 9.79. The summed E-state index contributed by atoms with van der Waals surface area (Å²) in [5, 5.41) is 2.24. The highest BCUT2D eigenvalue weighted by Gasteiger charge is 2.40. The fourth-order valence-corrected chi connectivity index (χ4v) is 16.5. The number of nitrogens with zero attached hydrogens (tertiary/aromatic N) is 4. The molecule has 0 bridgehead atoms. The van der Waals surface area contributed by atoms with Gasteiger partial charge in [0.25, 0.3) is 0 Å². The highest BCUT2D eigenvalue weighted by molar-refractivity contribution is 7.00. The summed E-state index contributed by atoms with van der Waals surface area (Å²) in [7, 11) is 0. The molecule has 15 aromatic rings. The fraction of sp³-hybridized carbons (Fsp3) is 0.0989. The van der Waals surface area contributed by atoms with Crippen LogP contribution in [0, 0.1) is 0 Å². The van der Waals surface area contributed by atoms with Gasteiger partial charge in [0.15, 0.2) is 0 Å². The van der Waals surface area contributed by atoms with Crippen molar-refractivity contribution in [1.82, 2.24) is 18.7 Å². The molecule has 5 heteroatoms. The second kappa shape index (κ2) is 21.9. The van der Waals surface area contributed by atoms with Crippen molar-refractivity contribution in [1.29, 1.82) is 0 Å². The third-order valence-corrected chi connectivity index (χ3v) is 21.8. The first kappa shape index (κ1) is 57.4. The zero-order chi connectivity index (χ0) is 64.6. The van der Waals surface area contributed by atoms with E-state index < -0.39 is 0 Å². The molecule has 0 aliphatic heterocycles. The van der Waals surface area contributed by atoms with Gasteiger partial charge >= 0.3 is 0 Å². The van der Waals surface area contributed by atoms with E-state index in [1.165, 1.54) is 101 Å². The van der Waals surface area contributed by atoms with Gasteiger partial charge in [-0.25, -0.2) is 9.97 Å². The predicted octanol–water partition coefficient (Wildman–Crippen LogP) is 24.0. The summed E-state index contributed by atoms with van der Waals surface area (Å²) < 4.78 is 9.75. The number of benzene rings is 12. The van der Waals surface area contributed by atoms with Crippen LogP contribution in [-0.2, 0) is 16.2 Å². The molecule has 3 heterocycles. The van der Waals surface area contributed by atoms with Crippen LogP contribution < -0.4 is 0 Å². The van der Waals surface area contributed by atoms with Crippen LogP contribution >= 0.6 is 11.7 Å². The second-order valence-electron chi connectivity index (χ2n) is 27.8. The lowest BCUT2D eigenvalue weighted by Crippen LogP contribution is -2.15. The summed E-state index contributed by atoms with van der Waals surface area (Å²) in [6.07, 6.45) is 8.92. The molecule has 0 saturated carbocycles. The molecule has 4 nitrogen and oxygen atoms in total. The Hall–Kier alpha value is -11.2. The molecule has 0 amide bonds. The number of para-hydroxylation sites is 2. The van der Waals surface area contributed by atoms with E-state index in [0.29, 0.717) is 0 Å². The largest absolute Gasteiger partial charge is 0.248 e. The van der Waals surface area contributed by atoms with Crippen molar-refractivity contribution in [2.75, 3.05) is 0 Å². The van der Waals surface area contributed by atoms with E-state index in [9.17, 15) is 0 Å². The number of rotatable bonds is 10. The van der Waals surface area contributed by atoms with Gasteiger partial charge in [0.05, 0.1) is 34.1 Å². The number of hydrogen-bond acceptors (Lipinski definition) is 5. The quantitative estimate of drug-likeness (QED) is 0.137. The molecule has 0 spiro atoms. The standard InChI is InChI=1S/C91H66N4S/c1-89(2)79-49-59(55-17-9-7-10-18-55)29-39-71(79)72-40-30-60(50-80(72)89)61-31-41-73-75-43-33-65(53-83(75)90(3,4)81(73)51-61)77-47-63(28-38-68-36-26-58-22-14-16-24-86(58)93-68)78(48-62(77)27-37-67-35-25-57-21-13-15-23-85(57)92-67)66-34-44-76-74-42-32-64(52-82(74)91(5,6)84(76)54-66)70-46-45-69(56-19-11-8-12-20-56)87-88(70)95-96-94-87/h7-54H,1-6H3/b37-27-,38-28+. The second-order valence-corrected chi connectivity index (χ2v) is 28.4. The van der Waals surface area contributed by atoms with E-state index in [-0.39, 0.29) is 16.2 Å². The van der Waals surface area contributed by atoms with Gasteiger partial charge in [0, 0.05) is 38.1 Å². The van der Waals surface area contributed by atoms with Crippen LogP contribution in [0.2, 0.25) is 0 Å². The van der Waals surface area contributed by atoms with Gasteiger partial charge in [-0.05, 0) is 218 Å². The molecule has 0 radical (unpaired) electrons. The number of aromatic nitrogens is 4. The Morgan fingerprint density at radius 3 is 0.969 bits per heavy atom. The van der Waals surface area contributed by atoms with Gasteiger partial charge in [-0.2, -0.15) is 8.75 Å². The van der Waals surface area contributed by atoms with Gasteiger partial charge in [0.2, 0.25) is 0 Å². The van der Waals surface area contributed by atoms with Crippen molar-refractivity contribution in [2.24, 2.45) is 0 Å². The van der Waals surface area contributed by atoms with Crippen molar-refractivity contribution in [3.8, 4) is 100 Å². The van der Waals surface area contributed by atoms with Crippen molar-refractivity contribution in [3.63, 3.8) is 0 Å². The van der Waals surface area contributed by atoms with E-state index in [2.05, 4.69) is 333 Å². The molecule has 456 valence electrons. The molecule has 3 aliphatic carbocycles. The van der Waals surface area contributed by atoms with Crippen molar-refractivity contribution in [3.05, 3.63) is 323 Å². The van der Waals surface area contributed by atoms with Crippen LogP contribution in [0.1, 0.15) is 97.4 Å². The molecular formula is C91H66N4S. The zero-order valence-corrected chi connectivity index (χ0v) is 55.2. The van der Waals surface area contributed by atoms with Crippen molar-refractivity contribution in [2.45, 2.75) is 57.8 Å². The topological polar surface area (TPSA) is 51.6 Å². The molecule has 18 rings (SSSR count). The van der Waals surface area contributed by atoms with Crippen molar-refractivity contribution < 1.29 is 0 Å². The smallest absolute Gasteiger partial charge is 0.113 e. The molecule has 0 N–H and O–H groups in total. The fourth-order valence-electron chi connectivity index (χ4n) is 15.9. The third-order valence-electron chi connectivity index (χ3n) is 21.2. The van der Waals surface area contributed by atoms with Gasteiger partial charge in [0.1, 0.15) is 11.0 Å². The maximum Gasteiger partial charge on any atom is 0.113 e. The molecule has 0 saturated heterocycles. The minimum absolute atomic E-state index is 0.155. The normalized spacial score (nSPS) is 14.3. The minimum atomic E-state index is -0.316. The minimum Gasteiger partial charge on any atom is -0.248 e. The summed E-state index contributed by atoms with van der Waals surface area (Å²) >= 11 is 1.28. The van der Waals surface area contributed by atoms with Crippen LogP contribution in [0.25, 0.3) is 157 Å². The lowest BCUT2D eigenvalue weighted by molar-refractivity contribution is 0.660. The van der Waals surface area contributed by atoms with Gasteiger partial charge in [-0.15, -0.1) is 0 Å². The monoisotopic (exact) mass is 1250 g/mol. The maximum absolute atomic E-state index is 5.16. The lowest BCUT2D eigenvalue weighted by Gasteiger charge is -2.24. The molecule has 96 heavy (non-hydrogen) atoms. The van der Waals surface area contributed by atoms with Gasteiger partial charge in [-0.1, -0.05) is 248 Å². The molecular weight excluding hydrogens is 1180 g/mol. The average Bonchev–Trinajstić information content (AvgIpc) is 1.56. The van der Waals surface area contributed by atoms with Crippen LogP contribution in [0.4, 0.5) is 0 Å². The molecule has 3 aliphatic rings. The predicted molar refractivity (Wildman–Crippen MR) is 404 cm³/mol. The van der Waals surface area contributed by atoms with Crippen LogP contribution in [0.5, 0.6) is 0 Å². The summed E-state index contributed by atoms with van der Waals surface area (Å²) in [5.74, 6) is 0. The van der Waals surface area contributed by atoms with E-state index in [4.69, 9.17) is 18.7 Å². The van der Waals surface area contributed by atoms with E-state index >= 15 is 0 Å². The number of fused-ring (bicyclic) bond motifs is 12. The number of pyridine rings is 2. The Kier molecular flexibility index (Phi) is 13.1. The maximum atomic E-state index is 5.16. The van der Waals surface area contributed by atoms with Gasteiger partial charge in [-0.3, -0.25) is 0 Å². The Morgan fingerprint density at radius 1 is 0.250 bits per heavy atom. The van der Waals surface area contributed by atoms with E-state index in [0.717, 1.165) is 99.9 Å². The highest BCUT2D eigenvalue weighted by atomic mass is 32.1. The first-order valence-electron chi connectivity index (χ1n) is 33.3. The third kappa shape index (κ3) is 9.31. The zero-order valence-electron chi connectivity index (χ0n) is 54.4. The molecule has 12 aromatic carbocycles.